The Balaban J connectivity index is 1.97. The largest absolute Gasteiger partial charge is 0.494 e. The number of amides is 1. The van der Waals surface area contributed by atoms with Gasteiger partial charge in [0.15, 0.2) is 17.6 Å². The number of anilines is 1. The average Bonchev–Trinajstić information content (AvgIpc) is 2.61. The molecule has 2 N–H and O–H groups in total. The van der Waals surface area contributed by atoms with Crippen LogP contribution in [0.1, 0.15) is 37.8 Å². The molecule has 0 aliphatic heterocycles. The highest BCUT2D eigenvalue weighted by Crippen LogP contribution is 2.18. The number of methoxy groups -OCH3 is 1. The molecule has 5 heteroatoms. The van der Waals surface area contributed by atoms with Crippen LogP contribution >= 0.6 is 0 Å². The Morgan fingerprint density at radius 1 is 1.15 bits per heavy atom. The van der Waals surface area contributed by atoms with Crippen molar-refractivity contribution in [3.05, 3.63) is 59.4 Å². The van der Waals surface area contributed by atoms with Crippen LogP contribution in [0.5, 0.6) is 5.75 Å². The van der Waals surface area contributed by atoms with Gasteiger partial charge in [-0.25, -0.2) is 4.39 Å². The summed E-state index contributed by atoms with van der Waals surface area (Å²) in [6.45, 7) is 6.68. The fourth-order valence-electron chi connectivity index (χ4n) is 2.72. The fourth-order valence-corrected chi connectivity index (χ4v) is 2.72. The number of halogens is 1. The van der Waals surface area contributed by atoms with Crippen LogP contribution in [-0.4, -0.2) is 26.1 Å². The van der Waals surface area contributed by atoms with Crippen LogP contribution in [0, 0.1) is 5.82 Å². The van der Waals surface area contributed by atoms with Gasteiger partial charge in [-0.05, 0) is 48.7 Å². The van der Waals surface area contributed by atoms with Gasteiger partial charge in [0.1, 0.15) is 6.54 Å². The van der Waals surface area contributed by atoms with Gasteiger partial charge in [0, 0.05) is 11.3 Å². The molecule has 0 radical (unpaired) electrons. The lowest BCUT2D eigenvalue weighted by Crippen LogP contribution is -3.12. The van der Waals surface area contributed by atoms with Crippen molar-refractivity contribution in [2.24, 2.45) is 0 Å². The number of carbonyl (C=O) groups excluding carboxylic acids is 1. The minimum absolute atomic E-state index is 0.0613. The number of hydrogen-bond donors (Lipinski definition) is 2. The molecule has 2 atom stereocenters. The van der Waals surface area contributed by atoms with E-state index >= 15 is 0 Å². The number of quaternary nitrogens is 1. The number of benzene rings is 2. The SMILES string of the molecule is COc1ccc(C[NH+](C)[C@H](C)C(=O)Nc2ccc(C(C)C)cc2)cc1F. The van der Waals surface area contributed by atoms with Crippen molar-refractivity contribution >= 4 is 11.6 Å². The molecule has 2 rings (SSSR count). The number of nitrogens with one attached hydrogen (secondary N) is 2. The quantitative estimate of drug-likeness (QED) is 0.798. The van der Waals surface area contributed by atoms with E-state index in [0.717, 1.165) is 16.2 Å². The van der Waals surface area contributed by atoms with E-state index in [2.05, 4.69) is 19.2 Å². The minimum Gasteiger partial charge on any atom is -0.494 e. The standard InChI is InChI=1S/C21H27FN2O2/c1-14(2)17-7-9-18(10-8-17)23-21(25)15(3)24(4)13-16-6-11-20(26-5)19(22)12-16/h6-12,14-15H,13H2,1-5H3,(H,23,25)/p+1/t15-/m1/s1. The van der Waals surface area contributed by atoms with Gasteiger partial charge in [-0.15, -0.1) is 0 Å². The first-order chi connectivity index (χ1) is 12.3. The average molecular weight is 359 g/mol. The van der Waals surface area contributed by atoms with Gasteiger partial charge in [-0.2, -0.15) is 0 Å². The van der Waals surface area contributed by atoms with E-state index in [9.17, 15) is 9.18 Å². The molecule has 0 saturated heterocycles. The maximum atomic E-state index is 13.8. The lowest BCUT2D eigenvalue weighted by molar-refractivity contribution is -0.907. The number of hydrogen-bond acceptors (Lipinski definition) is 2. The van der Waals surface area contributed by atoms with Gasteiger partial charge in [0.25, 0.3) is 5.91 Å². The molecule has 140 valence electrons. The number of carbonyl (C=O) groups is 1. The van der Waals surface area contributed by atoms with E-state index in [1.807, 2.05) is 44.3 Å². The number of rotatable bonds is 7. The van der Waals surface area contributed by atoms with Crippen molar-refractivity contribution in [1.82, 2.24) is 0 Å². The summed E-state index contributed by atoms with van der Waals surface area (Å²) in [5.41, 5.74) is 2.84. The van der Waals surface area contributed by atoms with E-state index < -0.39 is 0 Å². The zero-order valence-electron chi connectivity index (χ0n) is 16.1. The lowest BCUT2D eigenvalue weighted by atomic mass is 10.0. The summed E-state index contributed by atoms with van der Waals surface area (Å²) < 4.78 is 18.8. The summed E-state index contributed by atoms with van der Waals surface area (Å²) in [5.74, 6) is 0.232. The molecule has 0 aliphatic carbocycles. The van der Waals surface area contributed by atoms with Gasteiger partial charge in [0.2, 0.25) is 0 Å². The summed E-state index contributed by atoms with van der Waals surface area (Å²) in [5, 5.41) is 2.95. The summed E-state index contributed by atoms with van der Waals surface area (Å²) in [6.07, 6.45) is 0. The second-order valence-electron chi connectivity index (χ2n) is 6.98. The summed E-state index contributed by atoms with van der Waals surface area (Å²) in [7, 11) is 3.36. The van der Waals surface area contributed by atoms with Gasteiger partial charge in [-0.3, -0.25) is 4.79 Å². The Labute approximate surface area is 155 Å². The first-order valence-corrected chi connectivity index (χ1v) is 8.87. The van der Waals surface area contributed by atoms with Crippen LogP contribution in [0.3, 0.4) is 0 Å². The van der Waals surface area contributed by atoms with Crippen LogP contribution in [0.2, 0.25) is 0 Å². The summed E-state index contributed by atoms with van der Waals surface area (Å²) in [6, 6.07) is 12.5. The van der Waals surface area contributed by atoms with Crippen LogP contribution in [0.4, 0.5) is 10.1 Å². The van der Waals surface area contributed by atoms with E-state index in [0.29, 0.717) is 12.5 Å². The van der Waals surface area contributed by atoms with Crippen molar-refractivity contribution in [1.29, 1.82) is 0 Å². The Kier molecular flexibility index (Phi) is 6.75. The van der Waals surface area contributed by atoms with Crippen molar-refractivity contribution in [3.8, 4) is 5.75 Å². The van der Waals surface area contributed by atoms with Crippen molar-refractivity contribution in [3.63, 3.8) is 0 Å². The molecule has 0 spiro atoms. The van der Waals surface area contributed by atoms with E-state index in [-0.39, 0.29) is 23.5 Å². The molecule has 2 aromatic carbocycles. The highest BCUT2D eigenvalue weighted by atomic mass is 19.1. The maximum Gasteiger partial charge on any atom is 0.282 e. The van der Waals surface area contributed by atoms with E-state index in [4.69, 9.17) is 4.74 Å². The molecule has 0 bridgehead atoms. The van der Waals surface area contributed by atoms with E-state index in [1.165, 1.54) is 18.7 Å². The third-order valence-electron chi connectivity index (χ3n) is 4.68. The lowest BCUT2D eigenvalue weighted by Gasteiger charge is -2.21. The predicted molar refractivity (Wildman–Crippen MR) is 102 cm³/mol. The molecule has 4 nitrogen and oxygen atoms in total. The van der Waals surface area contributed by atoms with Crippen LogP contribution in [-0.2, 0) is 11.3 Å². The summed E-state index contributed by atoms with van der Waals surface area (Å²) in [4.78, 5) is 13.5. The zero-order chi connectivity index (χ0) is 19.3. The Hall–Kier alpha value is -2.40. The molecular weight excluding hydrogens is 331 g/mol. The maximum absolute atomic E-state index is 13.8. The van der Waals surface area contributed by atoms with Gasteiger partial charge in [0.05, 0.1) is 14.2 Å². The predicted octanol–water partition coefficient (Wildman–Crippen LogP) is 3.00. The van der Waals surface area contributed by atoms with Gasteiger partial charge >= 0.3 is 0 Å². The number of ether oxygens (including phenoxy) is 1. The van der Waals surface area contributed by atoms with E-state index in [1.54, 1.807) is 6.07 Å². The zero-order valence-corrected chi connectivity index (χ0v) is 16.1. The topological polar surface area (TPSA) is 42.8 Å². The second kappa shape index (κ2) is 8.81. The third-order valence-corrected chi connectivity index (χ3v) is 4.68. The molecule has 26 heavy (non-hydrogen) atoms. The fraction of sp³-hybridized carbons (Fsp3) is 0.381. The van der Waals surface area contributed by atoms with Crippen molar-refractivity contribution in [2.45, 2.75) is 39.3 Å². The molecular formula is C21H28FN2O2+. The summed E-state index contributed by atoms with van der Waals surface area (Å²) >= 11 is 0. The highest BCUT2D eigenvalue weighted by molar-refractivity contribution is 5.93. The van der Waals surface area contributed by atoms with Crippen molar-refractivity contribution in [2.75, 3.05) is 19.5 Å². The molecule has 1 unspecified atom stereocenters. The molecule has 1 amide bonds. The molecule has 0 saturated carbocycles. The molecule has 2 aromatic rings. The third kappa shape index (κ3) is 5.05. The smallest absolute Gasteiger partial charge is 0.282 e. The number of likely N-dealkylation sites (N-methyl/N-ethyl adjacent to an activating group) is 1. The Bertz CT molecular complexity index is 744. The first kappa shape index (κ1) is 19.9. The van der Waals surface area contributed by atoms with Gasteiger partial charge < -0.3 is 15.0 Å². The first-order valence-electron chi connectivity index (χ1n) is 8.87. The Morgan fingerprint density at radius 2 is 1.81 bits per heavy atom. The molecule has 0 fully saturated rings. The van der Waals surface area contributed by atoms with Gasteiger partial charge in [-0.1, -0.05) is 26.0 Å². The Morgan fingerprint density at radius 3 is 2.35 bits per heavy atom. The molecule has 0 aliphatic rings. The minimum atomic E-state index is -0.389. The second-order valence-corrected chi connectivity index (χ2v) is 6.98. The monoisotopic (exact) mass is 359 g/mol. The molecule has 0 aromatic heterocycles. The normalized spacial score (nSPS) is 13.3. The van der Waals surface area contributed by atoms with Crippen LogP contribution in [0.15, 0.2) is 42.5 Å². The highest BCUT2D eigenvalue weighted by Gasteiger charge is 2.22. The van der Waals surface area contributed by atoms with Crippen molar-refractivity contribution < 1.29 is 18.8 Å². The van der Waals surface area contributed by atoms with Crippen LogP contribution in [0.25, 0.3) is 0 Å². The molecule has 0 heterocycles. The van der Waals surface area contributed by atoms with Crippen LogP contribution < -0.4 is 15.0 Å².